The van der Waals surface area contributed by atoms with Crippen molar-refractivity contribution in [3.8, 4) is 0 Å². The Morgan fingerprint density at radius 2 is 1.70 bits per heavy atom. The quantitative estimate of drug-likeness (QED) is 0.795. The Hall–Kier alpha value is -2.42. The summed E-state index contributed by atoms with van der Waals surface area (Å²) >= 11 is 0. The minimum absolute atomic E-state index is 0.137. The zero-order valence-corrected chi connectivity index (χ0v) is 11.2. The molecule has 1 unspecified atom stereocenters. The molecule has 3 nitrogen and oxygen atoms in total. The van der Waals surface area contributed by atoms with Gasteiger partial charge in [-0.15, -0.1) is 0 Å². The molecule has 2 aromatic carbocycles. The molecule has 1 heterocycles. The molecule has 2 aromatic rings. The van der Waals surface area contributed by atoms with E-state index in [0.29, 0.717) is 6.54 Å². The highest BCUT2D eigenvalue weighted by Crippen LogP contribution is 2.34. The monoisotopic (exact) mass is 265 g/mol. The summed E-state index contributed by atoms with van der Waals surface area (Å²) in [4.78, 5) is 25.7. The smallest absolute Gasteiger partial charge is 0.241 e. The SMILES string of the molecule is CC(=O)N1Cc2ccccc2C(c2ccccc2)C1=O. The van der Waals surface area contributed by atoms with E-state index in [1.165, 1.54) is 11.8 Å². The molecule has 0 N–H and O–H groups in total. The lowest BCUT2D eigenvalue weighted by Gasteiger charge is -2.32. The van der Waals surface area contributed by atoms with E-state index in [-0.39, 0.29) is 17.7 Å². The zero-order valence-electron chi connectivity index (χ0n) is 11.2. The number of carbonyl (C=O) groups is 2. The normalized spacial score (nSPS) is 17.8. The number of rotatable bonds is 1. The fourth-order valence-corrected chi connectivity index (χ4v) is 2.73. The molecule has 0 radical (unpaired) electrons. The van der Waals surface area contributed by atoms with Crippen molar-refractivity contribution in [1.29, 1.82) is 0 Å². The third-order valence-corrected chi connectivity index (χ3v) is 3.72. The molecule has 3 rings (SSSR count). The summed E-state index contributed by atoms with van der Waals surface area (Å²) in [6.45, 7) is 1.81. The van der Waals surface area contributed by atoms with Gasteiger partial charge in [0.1, 0.15) is 0 Å². The van der Waals surface area contributed by atoms with E-state index in [0.717, 1.165) is 16.7 Å². The maximum absolute atomic E-state index is 12.6. The van der Waals surface area contributed by atoms with Crippen LogP contribution in [0.25, 0.3) is 0 Å². The first-order valence-electron chi connectivity index (χ1n) is 6.63. The first-order valence-corrected chi connectivity index (χ1v) is 6.63. The first kappa shape index (κ1) is 12.6. The van der Waals surface area contributed by atoms with Crippen LogP contribution < -0.4 is 0 Å². The van der Waals surface area contributed by atoms with Gasteiger partial charge in [-0.1, -0.05) is 54.6 Å². The van der Waals surface area contributed by atoms with Crippen LogP contribution in [0.2, 0.25) is 0 Å². The molecule has 0 aromatic heterocycles. The highest BCUT2D eigenvalue weighted by atomic mass is 16.2. The predicted octanol–water partition coefficient (Wildman–Crippen LogP) is 2.71. The Balaban J connectivity index is 2.15. The van der Waals surface area contributed by atoms with Gasteiger partial charge in [0.05, 0.1) is 12.5 Å². The number of hydrogen-bond acceptors (Lipinski definition) is 2. The van der Waals surface area contributed by atoms with Crippen LogP contribution in [0.15, 0.2) is 54.6 Å². The standard InChI is InChI=1S/C17H15NO2/c1-12(19)18-11-14-9-5-6-10-15(14)16(17(18)20)13-7-3-2-4-8-13/h2-10,16H,11H2,1H3. The lowest BCUT2D eigenvalue weighted by atomic mass is 9.84. The van der Waals surface area contributed by atoms with E-state index in [9.17, 15) is 9.59 Å². The van der Waals surface area contributed by atoms with Crippen LogP contribution in [-0.4, -0.2) is 16.7 Å². The van der Waals surface area contributed by atoms with Crippen molar-refractivity contribution in [2.24, 2.45) is 0 Å². The summed E-state index contributed by atoms with van der Waals surface area (Å²) < 4.78 is 0. The van der Waals surface area contributed by atoms with E-state index >= 15 is 0 Å². The van der Waals surface area contributed by atoms with Crippen LogP contribution in [0.4, 0.5) is 0 Å². The molecule has 0 aliphatic carbocycles. The maximum atomic E-state index is 12.6. The van der Waals surface area contributed by atoms with Crippen molar-refractivity contribution in [3.63, 3.8) is 0 Å². The predicted molar refractivity (Wildman–Crippen MR) is 76.0 cm³/mol. The minimum atomic E-state index is -0.384. The van der Waals surface area contributed by atoms with E-state index in [1.54, 1.807) is 0 Å². The Morgan fingerprint density at radius 3 is 2.40 bits per heavy atom. The molecule has 0 saturated carbocycles. The second kappa shape index (κ2) is 4.93. The van der Waals surface area contributed by atoms with Crippen LogP contribution in [0.1, 0.15) is 29.5 Å². The third-order valence-electron chi connectivity index (χ3n) is 3.72. The van der Waals surface area contributed by atoms with Crippen molar-refractivity contribution < 1.29 is 9.59 Å². The molecule has 100 valence electrons. The molecule has 1 aliphatic heterocycles. The molecule has 0 spiro atoms. The summed E-state index contributed by atoms with van der Waals surface area (Å²) in [6.07, 6.45) is 0. The highest BCUT2D eigenvalue weighted by molar-refractivity contribution is 6.00. The van der Waals surface area contributed by atoms with Crippen molar-refractivity contribution in [3.05, 3.63) is 71.3 Å². The van der Waals surface area contributed by atoms with Gasteiger partial charge in [0, 0.05) is 6.92 Å². The minimum Gasteiger partial charge on any atom is -0.278 e. The zero-order chi connectivity index (χ0) is 14.1. The average Bonchev–Trinajstić information content (AvgIpc) is 2.47. The maximum Gasteiger partial charge on any atom is 0.241 e. The largest absolute Gasteiger partial charge is 0.278 e. The lowest BCUT2D eigenvalue weighted by Crippen LogP contribution is -2.42. The second-order valence-electron chi connectivity index (χ2n) is 4.99. The van der Waals surface area contributed by atoms with Gasteiger partial charge in [-0.25, -0.2) is 0 Å². The number of carbonyl (C=O) groups excluding carboxylic acids is 2. The van der Waals surface area contributed by atoms with Gasteiger partial charge < -0.3 is 0 Å². The number of hydrogen-bond donors (Lipinski definition) is 0. The van der Waals surface area contributed by atoms with Crippen molar-refractivity contribution >= 4 is 11.8 Å². The Bertz CT molecular complexity index is 664. The molecule has 3 heteroatoms. The van der Waals surface area contributed by atoms with E-state index in [4.69, 9.17) is 0 Å². The molecule has 20 heavy (non-hydrogen) atoms. The van der Waals surface area contributed by atoms with Crippen molar-refractivity contribution in [1.82, 2.24) is 4.90 Å². The fourth-order valence-electron chi connectivity index (χ4n) is 2.73. The molecule has 1 atom stereocenters. The summed E-state index contributed by atoms with van der Waals surface area (Å²) in [6, 6.07) is 17.4. The lowest BCUT2D eigenvalue weighted by molar-refractivity contribution is -0.145. The van der Waals surface area contributed by atoms with Gasteiger partial charge in [-0.2, -0.15) is 0 Å². The number of imide groups is 1. The Morgan fingerprint density at radius 1 is 1.05 bits per heavy atom. The van der Waals surface area contributed by atoms with Crippen LogP contribution in [-0.2, 0) is 16.1 Å². The Kier molecular flexibility index (Phi) is 3.11. The summed E-state index contributed by atoms with van der Waals surface area (Å²) in [7, 11) is 0. The fraction of sp³-hybridized carbons (Fsp3) is 0.176. The molecule has 1 aliphatic rings. The second-order valence-corrected chi connectivity index (χ2v) is 4.99. The van der Waals surface area contributed by atoms with Crippen LogP contribution in [0.5, 0.6) is 0 Å². The average molecular weight is 265 g/mol. The van der Waals surface area contributed by atoms with Gasteiger partial charge in [-0.05, 0) is 16.7 Å². The number of fused-ring (bicyclic) bond motifs is 1. The number of nitrogens with zero attached hydrogens (tertiary/aromatic N) is 1. The summed E-state index contributed by atoms with van der Waals surface area (Å²) in [5.41, 5.74) is 2.97. The van der Waals surface area contributed by atoms with Crippen LogP contribution in [0.3, 0.4) is 0 Å². The van der Waals surface area contributed by atoms with E-state index < -0.39 is 0 Å². The molecule has 0 saturated heterocycles. The van der Waals surface area contributed by atoms with Crippen LogP contribution in [0, 0.1) is 0 Å². The topological polar surface area (TPSA) is 37.4 Å². The van der Waals surface area contributed by atoms with Gasteiger partial charge >= 0.3 is 0 Å². The highest BCUT2D eigenvalue weighted by Gasteiger charge is 2.35. The molecular weight excluding hydrogens is 250 g/mol. The number of benzene rings is 2. The van der Waals surface area contributed by atoms with Gasteiger partial charge in [-0.3, -0.25) is 14.5 Å². The van der Waals surface area contributed by atoms with Gasteiger partial charge in [0.25, 0.3) is 0 Å². The van der Waals surface area contributed by atoms with Gasteiger partial charge in [0.15, 0.2) is 0 Å². The first-order chi connectivity index (χ1) is 9.68. The van der Waals surface area contributed by atoms with Crippen molar-refractivity contribution in [2.45, 2.75) is 19.4 Å². The van der Waals surface area contributed by atoms with Gasteiger partial charge in [0.2, 0.25) is 11.8 Å². The summed E-state index contributed by atoms with van der Waals surface area (Å²) in [5, 5.41) is 0. The van der Waals surface area contributed by atoms with E-state index in [1.807, 2.05) is 54.6 Å². The van der Waals surface area contributed by atoms with Crippen LogP contribution >= 0.6 is 0 Å². The molecular formula is C17H15NO2. The third kappa shape index (κ3) is 2.01. The van der Waals surface area contributed by atoms with E-state index in [2.05, 4.69) is 0 Å². The van der Waals surface area contributed by atoms with Crippen molar-refractivity contribution in [2.75, 3.05) is 0 Å². The Labute approximate surface area is 117 Å². The summed E-state index contributed by atoms with van der Waals surface area (Å²) in [5.74, 6) is -0.724. The number of amides is 2. The molecule has 0 fully saturated rings. The molecule has 0 bridgehead atoms. The molecule has 2 amide bonds.